The van der Waals surface area contributed by atoms with E-state index >= 15 is 0 Å². The van der Waals surface area contributed by atoms with Gasteiger partial charge in [-0.1, -0.05) is 28.9 Å². The van der Waals surface area contributed by atoms with E-state index in [1.807, 2.05) is 30.3 Å². The summed E-state index contributed by atoms with van der Waals surface area (Å²) >= 11 is 5.93. The number of aryl methyl sites for hydroxylation is 1. The number of pyridine rings is 1. The van der Waals surface area contributed by atoms with Gasteiger partial charge in [0.15, 0.2) is 0 Å². The zero-order chi connectivity index (χ0) is 15.5. The van der Waals surface area contributed by atoms with Crippen molar-refractivity contribution in [2.75, 3.05) is 0 Å². The predicted molar refractivity (Wildman–Crippen MR) is 85.4 cm³/mol. The molecule has 0 bridgehead atoms. The average molecular weight is 314 g/mol. The number of nitrogens with zero attached hydrogens (tertiary/aromatic N) is 3. The highest BCUT2D eigenvalue weighted by molar-refractivity contribution is 6.30. The Hall–Kier alpha value is -2.66. The van der Waals surface area contributed by atoms with Gasteiger partial charge in [-0.2, -0.15) is 4.98 Å². The second-order valence-electron chi connectivity index (χ2n) is 4.71. The Bertz CT molecular complexity index is 896. The molecule has 0 radical (unpaired) electrons. The summed E-state index contributed by atoms with van der Waals surface area (Å²) in [5.74, 6) is 0.810. The van der Waals surface area contributed by atoms with Gasteiger partial charge in [0.05, 0.1) is 0 Å². The molecule has 0 atom stereocenters. The first-order valence-corrected chi connectivity index (χ1v) is 6.94. The standard InChI is InChI=1S/C16H12ClN3O2/c1-20-10-12(6-8-15(20)21)16-18-14(22-19-16)7-5-11-3-2-4-13(17)9-11/h2-10H,1H3. The molecule has 0 N–H and O–H groups in total. The lowest BCUT2D eigenvalue weighted by molar-refractivity contribution is 0.411. The Morgan fingerprint density at radius 3 is 2.86 bits per heavy atom. The Morgan fingerprint density at radius 2 is 2.09 bits per heavy atom. The maximum atomic E-state index is 11.4. The van der Waals surface area contributed by atoms with Crippen LogP contribution in [0.1, 0.15) is 11.5 Å². The molecular formula is C16H12ClN3O2. The molecule has 6 heteroatoms. The molecule has 3 rings (SSSR count). The van der Waals surface area contributed by atoms with Crippen LogP contribution in [0.4, 0.5) is 0 Å². The summed E-state index contributed by atoms with van der Waals surface area (Å²) in [5.41, 5.74) is 1.57. The molecule has 0 amide bonds. The lowest BCUT2D eigenvalue weighted by Gasteiger charge is -1.97. The van der Waals surface area contributed by atoms with Crippen molar-refractivity contribution >= 4 is 23.8 Å². The van der Waals surface area contributed by atoms with Gasteiger partial charge in [0.1, 0.15) is 0 Å². The van der Waals surface area contributed by atoms with Gasteiger partial charge in [0, 0.05) is 36.0 Å². The molecule has 0 aliphatic carbocycles. The largest absolute Gasteiger partial charge is 0.334 e. The molecule has 2 aromatic heterocycles. The van der Waals surface area contributed by atoms with E-state index in [0.29, 0.717) is 22.3 Å². The Balaban J connectivity index is 1.84. The van der Waals surface area contributed by atoms with E-state index in [1.54, 1.807) is 25.4 Å². The van der Waals surface area contributed by atoms with E-state index in [1.165, 1.54) is 10.6 Å². The minimum atomic E-state index is -0.0895. The highest BCUT2D eigenvalue weighted by Crippen LogP contribution is 2.16. The van der Waals surface area contributed by atoms with Crippen molar-refractivity contribution in [2.24, 2.45) is 7.05 Å². The van der Waals surface area contributed by atoms with Crippen LogP contribution >= 0.6 is 11.6 Å². The van der Waals surface area contributed by atoms with E-state index in [-0.39, 0.29) is 5.56 Å². The number of rotatable bonds is 3. The third kappa shape index (κ3) is 3.15. The lowest BCUT2D eigenvalue weighted by Crippen LogP contribution is -2.14. The first kappa shape index (κ1) is 14.3. The van der Waals surface area contributed by atoms with Crippen molar-refractivity contribution in [2.45, 2.75) is 0 Å². The molecule has 0 fully saturated rings. The molecule has 0 aliphatic rings. The maximum Gasteiger partial charge on any atom is 0.250 e. The number of hydrogen-bond acceptors (Lipinski definition) is 4. The fourth-order valence-corrected chi connectivity index (χ4v) is 2.12. The van der Waals surface area contributed by atoms with Gasteiger partial charge < -0.3 is 9.09 Å². The first-order valence-electron chi connectivity index (χ1n) is 6.56. The van der Waals surface area contributed by atoms with E-state index in [0.717, 1.165) is 5.56 Å². The van der Waals surface area contributed by atoms with Crippen LogP contribution in [0.2, 0.25) is 5.02 Å². The highest BCUT2D eigenvalue weighted by atomic mass is 35.5. The summed E-state index contributed by atoms with van der Waals surface area (Å²) < 4.78 is 6.64. The molecule has 5 nitrogen and oxygen atoms in total. The van der Waals surface area contributed by atoms with Crippen LogP contribution < -0.4 is 5.56 Å². The second-order valence-corrected chi connectivity index (χ2v) is 5.15. The lowest BCUT2D eigenvalue weighted by atomic mass is 10.2. The van der Waals surface area contributed by atoms with Gasteiger partial charge >= 0.3 is 0 Å². The van der Waals surface area contributed by atoms with Crippen molar-refractivity contribution in [3.8, 4) is 11.4 Å². The molecule has 0 saturated carbocycles. The molecule has 3 aromatic rings. The van der Waals surface area contributed by atoms with Crippen LogP contribution in [0.25, 0.3) is 23.5 Å². The van der Waals surface area contributed by atoms with Crippen molar-refractivity contribution in [1.82, 2.24) is 14.7 Å². The molecule has 0 spiro atoms. The third-order valence-electron chi connectivity index (χ3n) is 3.05. The van der Waals surface area contributed by atoms with Crippen LogP contribution in [0, 0.1) is 0 Å². The molecule has 0 aliphatic heterocycles. The average Bonchev–Trinajstić information content (AvgIpc) is 2.97. The summed E-state index contributed by atoms with van der Waals surface area (Å²) in [6.07, 6.45) is 5.21. The van der Waals surface area contributed by atoms with Gasteiger partial charge in [-0.25, -0.2) is 0 Å². The number of benzene rings is 1. The van der Waals surface area contributed by atoms with Crippen LogP contribution in [0.3, 0.4) is 0 Å². The van der Waals surface area contributed by atoms with E-state index in [2.05, 4.69) is 10.1 Å². The number of aromatic nitrogens is 3. The van der Waals surface area contributed by atoms with Crippen molar-refractivity contribution in [1.29, 1.82) is 0 Å². The van der Waals surface area contributed by atoms with Gasteiger partial charge in [-0.3, -0.25) is 4.79 Å². The molecule has 0 unspecified atom stereocenters. The molecule has 1 aromatic carbocycles. The zero-order valence-electron chi connectivity index (χ0n) is 11.7. The van der Waals surface area contributed by atoms with Gasteiger partial charge in [0.25, 0.3) is 5.89 Å². The SMILES string of the molecule is Cn1cc(-c2noc(C=Cc3cccc(Cl)c3)n2)ccc1=O. The van der Waals surface area contributed by atoms with Crippen LogP contribution in [0.5, 0.6) is 0 Å². The number of hydrogen-bond donors (Lipinski definition) is 0. The van der Waals surface area contributed by atoms with Crippen LogP contribution in [0.15, 0.2) is 51.9 Å². The maximum absolute atomic E-state index is 11.4. The zero-order valence-corrected chi connectivity index (χ0v) is 12.5. The topological polar surface area (TPSA) is 60.9 Å². The summed E-state index contributed by atoms with van der Waals surface area (Å²) in [7, 11) is 1.67. The van der Waals surface area contributed by atoms with Crippen LogP contribution in [-0.2, 0) is 7.05 Å². The minimum Gasteiger partial charge on any atom is -0.334 e. The number of halogens is 1. The van der Waals surface area contributed by atoms with Crippen molar-refractivity contribution in [3.05, 3.63) is 69.4 Å². The van der Waals surface area contributed by atoms with Gasteiger partial charge in [-0.05, 0) is 29.8 Å². The summed E-state index contributed by atoms with van der Waals surface area (Å²) in [4.78, 5) is 15.6. The molecule has 0 saturated heterocycles. The Labute approximate surface area is 131 Å². The van der Waals surface area contributed by atoms with E-state index < -0.39 is 0 Å². The summed E-state index contributed by atoms with van der Waals surface area (Å²) in [6.45, 7) is 0. The molecule has 110 valence electrons. The predicted octanol–water partition coefficient (Wildman–Crippen LogP) is 3.26. The highest BCUT2D eigenvalue weighted by Gasteiger charge is 2.07. The van der Waals surface area contributed by atoms with Gasteiger partial charge in [0.2, 0.25) is 11.4 Å². The fraction of sp³-hybridized carbons (Fsp3) is 0.0625. The second kappa shape index (κ2) is 5.99. The van der Waals surface area contributed by atoms with Crippen molar-refractivity contribution < 1.29 is 4.52 Å². The third-order valence-corrected chi connectivity index (χ3v) is 3.29. The molecular weight excluding hydrogens is 302 g/mol. The van der Waals surface area contributed by atoms with Crippen LogP contribution in [-0.4, -0.2) is 14.7 Å². The smallest absolute Gasteiger partial charge is 0.250 e. The van der Waals surface area contributed by atoms with Crippen molar-refractivity contribution in [3.63, 3.8) is 0 Å². The normalized spacial score (nSPS) is 11.2. The van der Waals surface area contributed by atoms with E-state index in [9.17, 15) is 4.79 Å². The van der Waals surface area contributed by atoms with E-state index in [4.69, 9.17) is 16.1 Å². The fourth-order valence-electron chi connectivity index (χ4n) is 1.92. The Morgan fingerprint density at radius 1 is 1.23 bits per heavy atom. The monoisotopic (exact) mass is 313 g/mol. The Kier molecular flexibility index (Phi) is 3.89. The quantitative estimate of drug-likeness (QED) is 0.744. The minimum absolute atomic E-state index is 0.0895. The molecule has 22 heavy (non-hydrogen) atoms. The summed E-state index contributed by atoms with van der Waals surface area (Å²) in [6, 6.07) is 10.6. The summed E-state index contributed by atoms with van der Waals surface area (Å²) in [5, 5.41) is 4.57. The first-order chi connectivity index (χ1) is 10.6. The molecule has 2 heterocycles. The van der Waals surface area contributed by atoms with Gasteiger partial charge in [-0.15, -0.1) is 0 Å².